The largest absolute Gasteiger partial charge is 0.372 e. The summed E-state index contributed by atoms with van der Waals surface area (Å²) >= 11 is 0. The van der Waals surface area contributed by atoms with Gasteiger partial charge in [0.2, 0.25) is 0 Å². The molecule has 0 aliphatic rings. The third kappa shape index (κ3) is 6.04. The van der Waals surface area contributed by atoms with Gasteiger partial charge in [0.25, 0.3) is 0 Å². The van der Waals surface area contributed by atoms with Gasteiger partial charge in [0, 0.05) is 25.3 Å². The minimum absolute atomic E-state index is 0.162. The molecule has 120 valence electrons. The normalized spacial score (nSPS) is 13.0. The first-order valence-electron chi connectivity index (χ1n) is 8.03. The first kappa shape index (κ1) is 18.0. The molecule has 1 unspecified atom stereocenters. The van der Waals surface area contributed by atoms with E-state index in [-0.39, 0.29) is 5.82 Å². The van der Waals surface area contributed by atoms with Crippen LogP contribution in [-0.2, 0) is 6.54 Å². The van der Waals surface area contributed by atoms with Gasteiger partial charge < -0.3 is 10.2 Å². The van der Waals surface area contributed by atoms with Crippen molar-refractivity contribution in [2.45, 2.75) is 53.6 Å². The molecule has 0 amide bonds. The molecular formula is C18H31FN2. The molecule has 1 aromatic carbocycles. The maximum Gasteiger partial charge on any atom is 0.123 e. The molecule has 1 aromatic rings. The first-order chi connectivity index (χ1) is 9.81. The highest BCUT2D eigenvalue weighted by molar-refractivity contribution is 5.54. The molecule has 0 aromatic heterocycles. The van der Waals surface area contributed by atoms with Gasteiger partial charge in [0.1, 0.15) is 5.82 Å². The summed E-state index contributed by atoms with van der Waals surface area (Å²) in [6, 6.07) is 5.55. The van der Waals surface area contributed by atoms with E-state index in [4.69, 9.17) is 0 Å². The number of benzene rings is 1. The van der Waals surface area contributed by atoms with Crippen molar-refractivity contribution < 1.29 is 4.39 Å². The molecule has 2 nitrogen and oxygen atoms in total. The minimum Gasteiger partial charge on any atom is -0.372 e. The lowest BCUT2D eigenvalue weighted by atomic mass is 10.0. The Kier molecular flexibility index (Phi) is 7.16. The third-order valence-corrected chi connectivity index (χ3v) is 3.76. The van der Waals surface area contributed by atoms with Gasteiger partial charge in [0.15, 0.2) is 0 Å². The molecule has 0 heterocycles. The summed E-state index contributed by atoms with van der Waals surface area (Å²) in [5, 5.41) is 3.41. The van der Waals surface area contributed by atoms with Gasteiger partial charge in [-0.1, -0.05) is 27.7 Å². The molecule has 1 rings (SSSR count). The average molecular weight is 294 g/mol. The van der Waals surface area contributed by atoms with E-state index in [2.05, 4.69) is 51.9 Å². The zero-order valence-electron chi connectivity index (χ0n) is 14.4. The van der Waals surface area contributed by atoms with Crippen LogP contribution < -0.4 is 10.2 Å². The van der Waals surface area contributed by atoms with Crippen LogP contribution in [0.25, 0.3) is 0 Å². The lowest BCUT2D eigenvalue weighted by Gasteiger charge is -2.30. The van der Waals surface area contributed by atoms with Crippen molar-refractivity contribution in [3.63, 3.8) is 0 Å². The molecule has 0 spiro atoms. The minimum atomic E-state index is -0.162. The molecule has 3 heteroatoms. The van der Waals surface area contributed by atoms with E-state index in [0.717, 1.165) is 24.2 Å². The number of halogens is 1. The van der Waals surface area contributed by atoms with Crippen molar-refractivity contribution >= 4 is 5.69 Å². The first-order valence-corrected chi connectivity index (χ1v) is 8.03. The standard InChI is InChI=1S/C18H31FN2/c1-13(2)9-15(5)21(6)18-8-7-17(19)10-16(18)12-20-11-14(3)4/h7-8,10,13-15,20H,9,11-12H2,1-6H3. The number of hydrogen-bond donors (Lipinski definition) is 1. The number of anilines is 1. The van der Waals surface area contributed by atoms with E-state index in [1.54, 1.807) is 12.1 Å². The Bertz CT molecular complexity index is 429. The summed E-state index contributed by atoms with van der Waals surface area (Å²) < 4.78 is 13.6. The second-order valence-corrected chi connectivity index (χ2v) is 6.89. The summed E-state index contributed by atoms with van der Waals surface area (Å²) in [5.41, 5.74) is 2.16. The fraction of sp³-hybridized carbons (Fsp3) is 0.667. The van der Waals surface area contributed by atoms with Gasteiger partial charge >= 0.3 is 0 Å². The quantitative estimate of drug-likeness (QED) is 0.762. The SMILES string of the molecule is CC(C)CNCc1cc(F)ccc1N(C)C(C)CC(C)C. The zero-order chi connectivity index (χ0) is 16.0. The molecule has 1 atom stereocenters. The number of hydrogen-bond acceptors (Lipinski definition) is 2. The topological polar surface area (TPSA) is 15.3 Å². The number of rotatable bonds is 8. The van der Waals surface area contributed by atoms with Crippen LogP contribution in [0.1, 0.15) is 46.6 Å². The Morgan fingerprint density at radius 3 is 2.33 bits per heavy atom. The summed E-state index contributed by atoms with van der Waals surface area (Å²) in [4.78, 5) is 2.27. The van der Waals surface area contributed by atoms with Crippen molar-refractivity contribution in [2.24, 2.45) is 11.8 Å². The molecule has 0 aliphatic carbocycles. The van der Waals surface area contributed by atoms with E-state index < -0.39 is 0 Å². The molecular weight excluding hydrogens is 263 g/mol. The monoisotopic (exact) mass is 294 g/mol. The van der Waals surface area contributed by atoms with E-state index in [1.807, 2.05) is 6.07 Å². The highest BCUT2D eigenvalue weighted by Gasteiger charge is 2.15. The summed E-state index contributed by atoms with van der Waals surface area (Å²) in [7, 11) is 2.10. The second kappa shape index (κ2) is 8.38. The van der Waals surface area contributed by atoms with Crippen LogP contribution in [-0.4, -0.2) is 19.6 Å². The van der Waals surface area contributed by atoms with Crippen molar-refractivity contribution in [1.29, 1.82) is 0 Å². The highest BCUT2D eigenvalue weighted by Crippen LogP contribution is 2.24. The zero-order valence-corrected chi connectivity index (χ0v) is 14.4. The van der Waals surface area contributed by atoms with Crippen molar-refractivity contribution in [3.8, 4) is 0 Å². The van der Waals surface area contributed by atoms with Crippen LogP contribution in [0.2, 0.25) is 0 Å². The Hall–Kier alpha value is -1.09. The summed E-state index contributed by atoms with van der Waals surface area (Å²) in [5.74, 6) is 1.09. The smallest absolute Gasteiger partial charge is 0.123 e. The molecule has 1 N–H and O–H groups in total. The van der Waals surface area contributed by atoms with E-state index in [9.17, 15) is 4.39 Å². The van der Waals surface area contributed by atoms with Gasteiger partial charge in [-0.25, -0.2) is 4.39 Å². The van der Waals surface area contributed by atoms with Crippen LogP contribution in [0, 0.1) is 17.7 Å². The molecule has 0 radical (unpaired) electrons. The van der Waals surface area contributed by atoms with Crippen molar-refractivity contribution in [1.82, 2.24) is 5.32 Å². The molecule has 0 fully saturated rings. The van der Waals surface area contributed by atoms with Crippen molar-refractivity contribution in [3.05, 3.63) is 29.6 Å². The molecule has 0 saturated carbocycles. The highest BCUT2D eigenvalue weighted by atomic mass is 19.1. The summed E-state index contributed by atoms with van der Waals surface area (Å²) in [6.07, 6.45) is 1.13. The average Bonchev–Trinajstić information content (AvgIpc) is 2.37. The predicted molar refractivity (Wildman–Crippen MR) is 90.3 cm³/mol. The predicted octanol–water partition coefficient (Wildman–Crippen LogP) is 4.44. The molecule has 21 heavy (non-hydrogen) atoms. The Balaban J connectivity index is 2.84. The van der Waals surface area contributed by atoms with Crippen molar-refractivity contribution in [2.75, 3.05) is 18.5 Å². The van der Waals surface area contributed by atoms with Gasteiger partial charge in [0.05, 0.1) is 0 Å². The Morgan fingerprint density at radius 2 is 1.76 bits per heavy atom. The molecule has 0 bridgehead atoms. The number of nitrogens with one attached hydrogen (secondary N) is 1. The maximum absolute atomic E-state index is 13.6. The fourth-order valence-corrected chi connectivity index (χ4v) is 2.61. The van der Waals surface area contributed by atoms with Gasteiger partial charge in [-0.2, -0.15) is 0 Å². The lowest BCUT2D eigenvalue weighted by Crippen LogP contribution is -2.31. The van der Waals surface area contributed by atoms with Crippen LogP contribution in [0.15, 0.2) is 18.2 Å². The lowest BCUT2D eigenvalue weighted by molar-refractivity contribution is 0.501. The number of nitrogens with zero attached hydrogens (tertiary/aromatic N) is 1. The fourth-order valence-electron chi connectivity index (χ4n) is 2.61. The third-order valence-electron chi connectivity index (χ3n) is 3.76. The van der Waals surface area contributed by atoms with E-state index in [0.29, 0.717) is 24.4 Å². The van der Waals surface area contributed by atoms with Gasteiger partial charge in [-0.05, 0) is 55.5 Å². The van der Waals surface area contributed by atoms with E-state index in [1.165, 1.54) is 0 Å². The van der Waals surface area contributed by atoms with Crippen LogP contribution >= 0.6 is 0 Å². The van der Waals surface area contributed by atoms with Crippen LogP contribution in [0.4, 0.5) is 10.1 Å². The molecule has 0 saturated heterocycles. The summed E-state index contributed by atoms with van der Waals surface area (Å²) in [6.45, 7) is 12.7. The molecule has 0 aliphatic heterocycles. The van der Waals surface area contributed by atoms with Gasteiger partial charge in [-0.15, -0.1) is 0 Å². The second-order valence-electron chi connectivity index (χ2n) is 6.89. The van der Waals surface area contributed by atoms with Crippen LogP contribution in [0.3, 0.4) is 0 Å². The van der Waals surface area contributed by atoms with E-state index >= 15 is 0 Å². The maximum atomic E-state index is 13.6. The van der Waals surface area contributed by atoms with Gasteiger partial charge in [-0.3, -0.25) is 0 Å². The Labute approximate surface area is 129 Å². The Morgan fingerprint density at radius 1 is 1.10 bits per heavy atom. The van der Waals surface area contributed by atoms with Crippen LogP contribution in [0.5, 0.6) is 0 Å².